The second-order valence-electron chi connectivity index (χ2n) is 6.29. The highest BCUT2D eigenvalue weighted by Gasteiger charge is 2.25. The highest BCUT2D eigenvalue weighted by molar-refractivity contribution is 5.79. The van der Waals surface area contributed by atoms with Crippen molar-refractivity contribution in [2.24, 2.45) is 5.41 Å². The predicted octanol–water partition coefficient (Wildman–Crippen LogP) is 3.70. The Labute approximate surface area is 109 Å². The van der Waals surface area contributed by atoms with Crippen LogP contribution < -0.4 is 0 Å². The van der Waals surface area contributed by atoms with E-state index in [1.54, 1.807) is 0 Å². The summed E-state index contributed by atoms with van der Waals surface area (Å²) >= 11 is 0. The average Bonchev–Trinajstić information content (AvgIpc) is 2.27. The highest BCUT2D eigenvalue weighted by Crippen LogP contribution is 2.31. The van der Waals surface area contributed by atoms with Crippen molar-refractivity contribution in [3.05, 3.63) is 35.4 Å². The van der Waals surface area contributed by atoms with Crippen LogP contribution in [-0.4, -0.2) is 12.4 Å². The Balaban J connectivity index is 2.05. The number of fused-ring (bicyclic) bond motifs is 1. The van der Waals surface area contributed by atoms with E-state index in [1.807, 2.05) is 6.07 Å². The smallest absolute Gasteiger partial charge is 0.136 e. The second kappa shape index (κ2) is 5.23. The third-order valence-electron chi connectivity index (χ3n) is 3.23. The summed E-state index contributed by atoms with van der Waals surface area (Å²) in [7, 11) is 0. The van der Waals surface area contributed by atoms with Crippen molar-refractivity contribution in [1.82, 2.24) is 0 Å². The monoisotopic (exact) mass is 246 g/mol. The minimum Gasteiger partial charge on any atom is -0.373 e. The van der Waals surface area contributed by atoms with Crippen molar-refractivity contribution in [1.29, 1.82) is 0 Å². The summed E-state index contributed by atoms with van der Waals surface area (Å²) in [6.45, 7) is 7.02. The zero-order valence-corrected chi connectivity index (χ0v) is 11.5. The Morgan fingerprint density at radius 3 is 2.78 bits per heavy atom. The molecule has 2 rings (SSSR count). The molecule has 0 N–H and O–H groups in total. The molecule has 0 saturated carbocycles. The van der Waals surface area contributed by atoms with E-state index < -0.39 is 0 Å². The largest absolute Gasteiger partial charge is 0.373 e. The lowest BCUT2D eigenvalue weighted by molar-refractivity contribution is -0.124. The first kappa shape index (κ1) is 13.3. The van der Waals surface area contributed by atoms with Crippen LogP contribution in [0, 0.1) is 5.41 Å². The lowest BCUT2D eigenvalue weighted by Gasteiger charge is -2.26. The zero-order valence-electron chi connectivity index (χ0n) is 11.5. The van der Waals surface area contributed by atoms with E-state index in [1.165, 1.54) is 11.1 Å². The van der Waals surface area contributed by atoms with Gasteiger partial charge in [0.15, 0.2) is 0 Å². The van der Waals surface area contributed by atoms with Crippen LogP contribution in [0.4, 0.5) is 0 Å². The summed E-state index contributed by atoms with van der Waals surface area (Å²) < 4.78 is 5.77. The van der Waals surface area contributed by atoms with Gasteiger partial charge in [-0.3, -0.25) is 4.79 Å². The molecule has 2 heteroatoms. The molecule has 0 amide bonds. The number of carbonyl (C=O) groups is 1. The van der Waals surface area contributed by atoms with E-state index in [4.69, 9.17) is 4.74 Å². The summed E-state index contributed by atoms with van der Waals surface area (Å²) in [5.41, 5.74) is 2.59. The summed E-state index contributed by atoms with van der Waals surface area (Å²) in [5, 5.41) is 0. The van der Waals surface area contributed by atoms with Gasteiger partial charge in [0.1, 0.15) is 5.78 Å². The molecule has 1 aliphatic heterocycles. The minimum atomic E-state index is -0.0372. The molecule has 1 aromatic rings. The van der Waals surface area contributed by atoms with Gasteiger partial charge in [0.05, 0.1) is 12.7 Å². The number of ether oxygens (including phenoxy) is 1. The standard InChI is InChI=1S/C16H22O2/c1-16(2,3)11-13(17)10-15-14-7-5-4-6-12(14)8-9-18-15/h4-7,15H,8-11H2,1-3H3. The minimum absolute atomic E-state index is 0.0372. The third kappa shape index (κ3) is 3.42. The third-order valence-corrected chi connectivity index (χ3v) is 3.23. The van der Waals surface area contributed by atoms with E-state index in [-0.39, 0.29) is 11.5 Å². The molecule has 0 bridgehead atoms. The SMILES string of the molecule is CC(C)(C)CC(=O)CC1OCCc2ccccc21. The number of carbonyl (C=O) groups excluding carboxylic acids is 1. The van der Waals surface area contributed by atoms with Crippen molar-refractivity contribution in [2.45, 2.75) is 46.1 Å². The molecule has 0 aromatic heterocycles. The molecule has 0 spiro atoms. The van der Waals surface area contributed by atoms with Gasteiger partial charge in [0, 0.05) is 12.8 Å². The van der Waals surface area contributed by atoms with E-state index in [9.17, 15) is 4.79 Å². The topological polar surface area (TPSA) is 26.3 Å². The van der Waals surface area contributed by atoms with Crippen LogP contribution in [0.15, 0.2) is 24.3 Å². The maximum absolute atomic E-state index is 12.1. The Morgan fingerprint density at radius 2 is 2.06 bits per heavy atom. The average molecular weight is 246 g/mol. The molecule has 1 unspecified atom stereocenters. The van der Waals surface area contributed by atoms with Gasteiger partial charge in [-0.05, 0) is 23.0 Å². The Kier molecular flexibility index (Phi) is 3.86. The van der Waals surface area contributed by atoms with Crippen molar-refractivity contribution < 1.29 is 9.53 Å². The van der Waals surface area contributed by atoms with Gasteiger partial charge in [-0.1, -0.05) is 45.0 Å². The summed E-state index contributed by atoms with van der Waals surface area (Å²) in [6, 6.07) is 8.30. The van der Waals surface area contributed by atoms with Crippen molar-refractivity contribution in [3.63, 3.8) is 0 Å². The molecule has 1 aromatic carbocycles. The number of benzene rings is 1. The Morgan fingerprint density at radius 1 is 1.33 bits per heavy atom. The van der Waals surface area contributed by atoms with Gasteiger partial charge >= 0.3 is 0 Å². The fourth-order valence-corrected chi connectivity index (χ4v) is 2.52. The summed E-state index contributed by atoms with van der Waals surface area (Å²) in [5.74, 6) is 0.296. The van der Waals surface area contributed by atoms with Crippen molar-refractivity contribution >= 4 is 5.78 Å². The first-order valence-corrected chi connectivity index (χ1v) is 6.67. The number of hydrogen-bond acceptors (Lipinski definition) is 2. The first-order valence-electron chi connectivity index (χ1n) is 6.67. The Bertz CT molecular complexity index is 429. The number of ketones is 1. The van der Waals surface area contributed by atoms with E-state index in [0.29, 0.717) is 18.6 Å². The molecule has 1 aliphatic rings. The molecule has 2 nitrogen and oxygen atoms in total. The van der Waals surface area contributed by atoms with Gasteiger partial charge in [-0.15, -0.1) is 0 Å². The fourth-order valence-electron chi connectivity index (χ4n) is 2.52. The number of hydrogen-bond donors (Lipinski definition) is 0. The highest BCUT2D eigenvalue weighted by atomic mass is 16.5. The normalized spacial score (nSPS) is 19.4. The van der Waals surface area contributed by atoms with Gasteiger partial charge < -0.3 is 4.74 Å². The maximum Gasteiger partial charge on any atom is 0.136 e. The molecule has 18 heavy (non-hydrogen) atoms. The predicted molar refractivity (Wildman–Crippen MR) is 72.5 cm³/mol. The van der Waals surface area contributed by atoms with E-state index in [2.05, 4.69) is 39.0 Å². The molecule has 0 fully saturated rings. The first-order chi connectivity index (χ1) is 8.46. The molecule has 0 aliphatic carbocycles. The summed E-state index contributed by atoms with van der Waals surface area (Å²) in [4.78, 5) is 12.1. The van der Waals surface area contributed by atoms with Crippen LogP contribution in [0.5, 0.6) is 0 Å². The Hall–Kier alpha value is -1.15. The molecule has 0 saturated heterocycles. The van der Waals surface area contributed by atoms with Gasteiger partial charge in [0.25, 0.3) is 0 Å². The molecular formula is C16H22O2. The molecule has 1 heterocycles. The van der Waals surface area contributed by atoms with Crippen LogP contribution >= 0.6 is 0 Å². The second-order valence-corrected chi connectivity index (χ2v) is 6.29. The van der Waals surface area contributed by atoms with Crippen LogP contribution in [0.3, 0.4) is 0 Å². The van der Waals surface area contributed by atoms with E-state index >= 15 is 0 Å². The molecule has 98 valence electrons. The summed E-state index contributed by atoms with van der Waals surface area (Å²) in [6.07, 6.45) is 2.05. The maximum atomic E-state index is 12.1. The number of rotatable bonds is 3. The van der Waals surface area contributed by atoms with Crippen molar-refractivity contribution in [2.75, 3.05) is 6.61 Å². The van der Waals surface area contributed by atoms with Gasteiger partial charge in [-0.2, -0.15) is 0 Å². The fraction of sp³-hybridized carbons (Fsp3) is 0.562. The quantitative estimate of drug-likeness (QED) is 0.813. The molecule has 1 atom stereocenters. The lowest BCUT2D eigenvalue weighted by Crippen LogP contribution is -2.21. The molecule has 0 radical (unpaired) electrons. The van der Waals surface area contributed by atoms with Gasteiger partial charge in [0.2, 0.25) is 0 Å². The molecular weight excluding hydrogens is 224 g/mol. The van der Waals surface area contributed by atoms with Crippen LogP contribution in [-0.2, 0) is 16.0 Å². The van der Waals surface area contributed by atoms with Crippen LogP contribution in [0.1, 0.15) is 50.8 Å². The zero-order chi connectivity index (χ0) is 13.2. The number of Topliss-reactive ketones (excluding diaryl/α,β-unsaturated/α-hetero) is 1. The van der Waals surface area contributed by atoms with Crippen LogP contribution in [0.25, 0.3) is 0 Å². The van der Waals surface area contributed by atoms with Gasteiger partial charge in [-0.25, -0.2) is 0 Å². The lowest BCUT2D eigenvalue weighted by atomic mass is 9.86. The van der Waals surface area contributed by atoms with E-state index in [0.717, 1.165) is 13.0 Å². The van der Waals surface area contributed by atoms with Crippen LogP contribution in [0.2, 0.25) is 0 Å². The van der Waals surface area contributed by atoms with Crippen molar-refractivity contribution in [3.8, 4) is 0 Å².